The van der Waals surface area contributed by atoms with Crippen molar-refractivity contribution in [1.82, 2.24) is 15.1 Å². The van der Waals surface area contributed by atoms with Crippen LogP contribution in [0.2, 0.25) is 0 Å². The van der Waals surface area contributed by atoms with E-state index in [-0.39, 0.29) is 12.2 Å². The average molecular weight is 377 g/mol. The van der Waals surface area contributed by atoms with Gasteiger partial charge in [0, 0.05) is 6.54 Å². The van der Waals surface area contributed by atoms with Gasteiger partial charge in [0.1, 0.15) is 5.82 Å². The first-order chi connectivity index (χ1) is 12.9. The summed E-state index contributed by atoms with van der Waals surface area (Å²) in [6, 6.07) is 13.6. The first-order valence-corrected chi connectivity index (χ1v) is 8.09. The highest BCUT2D eigenvalue weighted by Gasteiger charge is 2.40. The summed E-state index contributed by atoms with van der Waals surface area (Å²) in [6.45, 7) is 0.182. The van der Waals surface area contributed by atoms with Crippen LogP contribution in [-0.2, 0) is 12.6 Å². The van der Waals surface area contributed by atoms with Crippen molar-refractivity contribution in [2.24, 2.45) is 0 Å². The van der Waals surface area contributed by atoms with Crippen molar-refractivity contribution in [1.29, 1.82) is 0 Å². The molecule has 140 valence electrons. The fraction of sp³-hybridized carbons (Fsp3) is 0.158. The maximum Gasteiger partial charge on any atom is 0.434 e. The summed E-state index contributed by atoms with van der Waals surface area (Å²) >= 11 is 0. The van der Waals surface area contributed by atoms with E-state index in [1.807, 2.05) is 30.3 Å². The second kappa shape index (κ2) is 7.61. The van der Waals surface area contributed by atoms with Crippen molar-refractivity contribution in [2.75, 3.05) is 6.54 Å². The minimum atomic E-state index is -4.81. The van der Waals surface area contributed by atoms with E-state index in [1.54, 1.807) is 0 Å². The van der Waals surface area contributed by atoms with Crippen molar-refractivity contribution in [3.63, 3.8) is 0 Å². The predicted molar refractivity (Wildman–Crippen MR) is 91.0 cm³/mol. The fourth-order valence-electron chi connectivity index (χ4n) is 2.63. The van der Waals surface area contributed by atoms with Gasteiger partial charge in [-0.1, -0.05) is 30.3 Å². The number of benzene rings is 2. The number of amides is 1. The standard InChI is InChI=1S/C19H15F4N3O/c20-14-6-8-15(9-7-14)26-17(19(21,22)23)16(12-25-26)18(27)24-11-10-13-4-2-1-3-5-13/h1-9,12H,10-11H2,(H,24,27). The third-order valence-corrected chi connectivity index (χ3v) is 3.90. The SMILES string of the molecule is O=C(NCCc1ccccc1)c1cnn(-c2ccc(F)cc2)c1C(F)(F)F. The number of rotatable bonds is 5. The molecular weight excluding hydrogens is 362 g/mol. The van der Waals surface area contributed by atoms with Crippen LogP contribution >= 0.6 is 0 Å². The van der Waals surface area contributed by atoms with E-state index >= 15 is 0 Å². The highest BCUT2D eigenvalue weighted by molar-refractivity contribution is 5.95. The maximum absolute atomic E-state index is 13.5. The van der Waals surface area contributed by atoms with Crippen molar-refractivity contribution in [3.05, 3.63) is 83.4 Å². The minimum absolute atomic E-state index is 0.00654. The third kappa shape index (κ3) is 4.33. The van der Waals surface area contributed by atoms with Crippen LogP contribution in [0.5, 0.6) is 0 Å². The summed E-state index contributed by atoms with van der Waals surface area (Å²) in [4.78, 5) is 12.3. The van der Waals surface area contributed by atoms with Gasteiger partial charge >= 0.3 is 6.18 Å². The lowest BCUT2D eigenvalue weighted by atomic mass is 10.1. The first kappa shape index (κ1) is 18.6. The Morgan fingerprint density at radius 2 is 1.70 bits per heavy atom. The van der Waals surface area contributed by atoms with Crippen LogP contribution in [-0.4, -0.2) is 22.2 Å². The van der Waals surface area contributed by atoms with Crippen molar-refractivity contribution < 1.29 is 22.4 Å². The molecule has 0 bridgehead atoms. The summed E-state index contributed by atoms with van der Waals surface area (Å²) in [7, 11) is 0. The van der Waals surface area contributed by atoms with E-state index in [1.165, 1.54) is 0 Å². The van der Waals surface area contributed by atoms with Crippen LogP contribution in [0.25, 0.3) is 5.69 Å². The van der Waals surface area contributed by atoms with E-state index in [2.05, 4.69) is 10.4 Å². The van der Waals surface area contributed by atoms with Crippen LogP contribution in [0.15, 0.2) is 60.8 Å². The highest BCUT2D eigenvalue weighted by atomic mass is 19.4. The lowest BCUT2D eigenvalue weighted by Crippen LogP contribution is -2.28. The van der Waals surface area contributed by atoms with Crippen LogP contribution in [0.3, 0.4) is 0 Å². The van der Waals surface area contributed by atoms with E-state index in [4.69, 9.17) is 0 Å². The molecule has 0 saturated heterocycles. The number of aromatic nitrogens is 2. The van der Waals surface area contributed by atoms with Gasteiger partial charge in [0.2, 0.25) is 0 Å². The number of nitrogens with zero attached hydrogens (tertiary/aromatic N) is 2. The quantitative estimate of drug-likeness (QED) is 0.683. The van der Waals surface area contributed by atoms with Gasteiger partial charge in [-0.3, -0.25) is 4.79 Å². The molecule has 4 nitrogen and oxygen atoms in total. The molecule has 3 rings (SSSR count). The Balaban J connectivity index is 1.82. The van der Waals surface area contributed by atoms with Crippen molar-refractivity contribution in [3.8, 4) is 5.69 Å². The van der Waals surface area contributed by atoms with Crippen LogP contribution < -0.4 is 5.32 Å². The molecule has 1 N–H and O–H groups in total. The fourth-order valence-corrected chi connectivity index (χ4v) is 2.63. The zero-order valence-electron chi connectivity index (χ0n) is 14.0. The van der Waals surface area contributed by atoms with Gasteiger partial charge in [0.05, 0.1) is 17.4 Å². The van der Waals surface area contributed by atoms with Crippen LogP contribution in [0, 0.1) is 5.82 Å². The molecule has 1 heterocycles. The smallest absolute Gasteiger partial charge is 0.352 e. The molecule has 1 aromatic heterocycles. The highest BCUT2D eigenvalue weighted by Crippen LogP contribution is 2.33. The Kier molecular flexibility index (Phi) is 5.25. The molecular formula is C19H15F4N3O. The molecule has 0 unspecified atom stereocenters. The van der Waals surface area contributed by atoms with Gasteiger partial charge in [0.15, 0.2) is 5.69 Å². The monoisotopic (exact) mass is 377 g/mol. The Hall–Kier alpha value is -3.16. The van der Waals surface area contributed by atoms with E-state index < -0.39 is 29.2 Å². The lowest BCUT2D eigenvalue weighted by molar-refractivity contribution is -0.143. The summed E-state index contributed by atoms with van der Waals surface area (Å²) in [6.07, 6.45) is -3.46. The van der Waals surface area contributed by atoms with Crippen LogP contribution in [0.4, 0.5) is 17.6 Å². The topological polar surface area (TPSA) is 46.9 Å². The second-order valence-corrected chi connectivity index (χ2v) is 5.78. The Labute approximate surface area is 152 Å². The summed E-state index contributed by atoms with van der Waals surface area (Å²) in [5.41, 5.74) is -0.825. The number of alkyl halides is 3. The van der Waals surface area contributed by atoms with Gasteiger partial charge < -0.3 is 5.32 Å². The van der Waals surface area contributed by atoms with Gasteiger partial charge in [-0.05, 0) is 36.2 Å². The number of hydrogen-bond acceptors (Lipinski definition) is 2. The predicted octanol–water partition coefficient (Wildman–Crippen LogP) is 4.00. The van der Waals surface area contributed by atoms with Gasteiger partial charge in [0.25, 0.3) is 5.91 Å². The molecule has 0 aliphatic heterocycles. The third-order valence-electron chi connectivity index (χ3n) is 3.90. The Morgan fingerprint density at radius 1 is 1.04 bits per heavy atom. The first-order valence-electron chi connectivity index (χ1n) is 8.09. The molecule has 2 aromatic carbocycles. The van der Waals surface area contributed by atoms with Gasteiger partial charge in [-0.15, -0.1) is 0 Å². The van der Waals surface area contributed by atoms with Crippen molar-refractivity contribution >= 4 is 5.91 Å². The van der Waals surface area contributed by atoms with Crippen molar-refractivity contribution in [2.45, 2.75) is 12.6 Å². The molecule has 0 aliphatic carbocycles. The molecule has 0 radical (unpaired) electrons. The molecule has 0 aliphatic rings. The maximum atomic E-state index is 13.5. The van der Waals surface area contributed by atoms with Crippen LogP contribution in [0.1, 0.15) is 21.6 Å². The Morgan fingerprint density at radius 3 is 2.33 bits per heavy atom. The molecule has 8 heteroatoms. The van der Waals surface area contributed by atoms with Gasteiger partial charge in [-0.2, -0.15) is 18.3 Å². The number of carbonyl (C=O) groups excluding carboxylic acids is 1. The molecule has 3 aromatic rings. The summed E-state index contributed by atoms with van der Waals surface area (Å²) in [5.74, 6) is -1.45. The zero-order valence-corrected chi connectivity index (χ0v) is 14.0. The molecule has 27 heavy (non-hydrogen) atoms. The zero-order chi connectivity index (χ0) is 19.4. The lowest BCUT2D eigenvalue weighted by Gasteiger charge is -2.13. The number of carbonyl (C=O) groups is 1. The van der Waals surface area contributed by atoms with Gasteiger partial charge in [-0.25, -0.2) is 9.07 Å². The van der Waals surface area contributed by atoms with E-state index in [9.17, 15) is 22.4 Å². The molecule has 0 spiro atoms. The second-order valence-electron chi connectivity index (χ2n) is 5.78. The Bertz CT molecular complexity index is 918. The number of hydrogen-bond donors (Lipinski definition) is 1. The normalized spacial score (nSPS) is 11.4. The summed E-state index contributed by atoms with van der Waals surface area (Å²) in [5, 5.41) is 6.16. The summed E-state index contributed by atoms with van der Waals surface area (Å²) < 4.78 is 54.2. The molecule has 0 saturated carbocycles. The molecule has 0 fully saturated rings. The minimum Gasteiger partial charge on any atom is -0.352 e. The molecule has 0 atom stereocenters. The number of halogens is 4. The molecule has 1 amide bonds. The van der Waals surface area contributed by atoms with E-state index in [0.717, 1.165) is 36.0 Å². The largest absolute Gasteiger partial charge is 0.434 e. The number of nitrogens with one attached hydrogen (secondary N) is 1. The van der Waals surface area contributed by atoms with E-state index in [0.29, 0.717) is 11.1 Å². The average Bonchev–Trinajstić information content (AvgIpc) is 3.09.